The lowest BCUT2D eigenvalue weighted by Gasteiger charge is -2.36. The average Bonchev–Trinajstić information content (AvgIpc) is 3.38. The topological polar surface area (TPSA) is 78.1 Å². The number of carbonyl (C=O) groups excluding carboxylic acids is 1. The summed E-state index contributed by atoms with van der Waals surface area (Å²) >= 11 is 0. The first kappa shape index (κ1) is 17.1. The van der Waals surface area contributed by atoms with Crippen molar-refractivity contribution in [3.63, 3.8) is 0 Å². The largest absolute Gasteiger partial charge is 0.363 e. The Bertz CT molecular complexity index is 1110. The fraction of sp³-hybridized carbons (Fsp3) is 0.524. The summed E-state index contributed by atoms with van der Waals surface area (Å²) in [4.78, 5) is 15.2. The SMILES string of the molecule is Cn1nc(C(=O)N2CCC3(C2)Cn2c(nnc2C2CCC2)CO3)c2ccccc21. The number of para-hydroxylation sites is 1. The molecule has 3 aliphatic rings. The molecule has 1 aliphatic carbocycles. The van der Waals surface area contributed by atoms with Gasteiger partial charge >= 0.3 is 0 Å². The molecule has 1 unspecified atom stereocenters. The van der Waals surface area contributed by atoms with Crippen LogP contribution in [0.5, 0.6) is 0 Å². The molecule has 0 bridgehead atoms. The van der Waals surface area contributed by atoms with Crippen molar-refractivity contribution in [1.29, 1.82) is 0 Å². The molecular formula is C21H24N6O2. The van der Waals surface area contributed by atoms with Crippen LogP contribution in [0.4, 0.5) is 0 Å². The molecule has 150 valence electrons. The highest BCUT2D eigenvalue weighted by Crippen LogP contribution is 2.39. The van der Waals surface area contributed by atoms with E-state index < -0.39 is 0 Å². The van der Waals surface area contributed by atoms with Gasteiger partial charge in [-0.2, -0.15) is 5.10 Å². The second kappa shape index (κ2) is 6.13. The molecule has 0 N–H and O–H groups in total. The predicted molar refractivity (Wildman–Crippen MR) is 105 cm³/mol. The van der Waals surface area contributed by atoms with Crippen LogP contribution in [-0.4, -0.2) is 54.0 Å². The fourth-order valence-electron chi connectivity index (χ4n) is 4.93. The highest BCUT2D eigenvalue weighted by Gasteiger charge is 2.46. The lowest BCUT2D eigenvalue weighted by Crippen LogP contribution is -2.45. The van der Waals surface area contributed by atoms with Crippen molar-refractivity contribution in [2.75, 3.05) is 13.1 Å². The molecule has 2 aliphatic heterocycles. The van der Waals surface area contributed by atoms with Gasteiger partial charge in [0.1, 0.15) is 18.0 Å². The Kier molecular flexibility index (Phi) is 3.62. The average molecular weight is 392 g/mol. The van der Waals surface area contributed by atoms with E-state index in [2.05, 4.69) is 19.9 Å². The maximum atomic E-state index is 13.3. The van der Waals surface area contributed by atoms with Crippen molar-refractivity contribution in [2.24, 2.45) is 7.05 Å². The highest BCUT2D eigenvalue weighted by atomic mass is 16.5. The van der Waals surface area contributed by atoms with Crippen LogP contribution >= 0.6 is 0 Å². The zero-order valence-corrected chi connectivity index (χ0v) is 16.5. The van der Waals surface area contributed by atoms with Crippen LogP contribution in [-0.2, 0) is 24.9 Å². The van der Waals surface area contributed by atoms with E-state index in [-0.39, 0.29) is 11.5 Å². The zero-order chi connectivity index (χ0) is 19.6. The number of hydrogen-bond acceptors (Lipinski definition) is 5. The quantitative estimate of drug-likeness (QED) is 0.668. The number of likely N-dealkylation sites (tertiary alicyclic amines) is 1. The number of benzene rings is 1. The second-order valence-corrected chi connectivity index (χ2v) is 8.63. The van der Waals surface area contributed by atoms with E-state index in [9.17, 15) is 4.79 Å². The second-order valence-electron chi connectivity index (χ2n) is 8.63. The molecule has 1 aromatic carbocycles. The molecule has 0 radical (unpaired) electrons. The van der Waals surface area contributed by atoms with Gasteiger partial charge in [0.15, 0.2) is 11.5 Å². The van der Waals surface area contributed by atoms with Gasteiger partial charge < -0.3 is 14.2 Å². The molecule has 8 heteroatoms. The van der Waals surface area contributed by atoms with Gasteiger partial charge in [-0.05, 0) is 25.3 Å². The molecule has 4 heterocycles. The summed E-state index contributed by atoms with van der Waals surface area (Å²) in [6.45, 7) is 2.46. The van der Waals surface area contributed by atoms with Gasteiger partial charge in [0.05, 0.1) is 18.6 Å². The number of rotatable bonds is 2. The third-order valence-corrected chi connectivity index (χ3v) is 6.84. The van der Waals surface area contributed by atoms with E-state index in [0.29, 0.717) is 31.3 Å². The third-order valence-electron chi connectivity index (χ3n) is 6.84. The molecule has 1 saturated carbocycles. The molecule has 3 aromatic rings. The number of hydrogen-bond donors (Lipinski definition) is 0. The van der Waals surface area contributed by atoms with Crippen LogP contribution in [0.2, 0.25) is 0 Å². The van der Waals surface area contributed by atoms with Gasteiger partial charge in [-0.3, -0.25) is 9.48 Å². The van der Waals surface area contributed by atoms with E-state index in [4.69, 9.17) is 4.74 Å². The molecule has 8 nitrogen and oxygen atoms in total. The molecule has 1 saturated heterocycles. The molecule has 1 spiro atoms. The van der Waals surface area contributed by atoms with Crippen LogP contribution in [0.1, 0.15) is 53.7 Å². The van der Waals surface area contributed by atoms with Crippen LogP contribution in [0.25, 0.3) is 10.9 Å². The van der Waals surface area contributed by atoms with Gasteiger partial charge in [0.2, 0.25) is 0 Å². The molecule has 6 rings (SSSR count). The first-order valence-electron chi connectivity index (χ1n) is 10.4. The van der Waals surface area contributed by atoms with Crippen molar-refractivity contribution in [3.05, 3.63) is 41.6 Å². The number of carbonyl (C=O) groups is 1. The maximum Gasteiger partial charge on any atom is 0.275 e. The van der Waals surface area contributed by atoms with Crippen LogP contribution in [0.3, 0.4) is 0 Å². The highest BCUT2D eigenvalue weighted by molar-refractivity contribution is 6.05. The summed E-state index contributed by atoms with van der Waals surface area (Å²) in [6.07, 6.45) is 4.49. The van der Waals surface area contributed by atoms with E-state index in [0.717, 1.165) is 35.5 Å². The standard InChI is InChI=1S/C21H24N6O2/c1-25-16-8-3-2-7-15(16)18(24-25)20(28)26-10-9-21(12-26)13-27-17(11-29-21)22-23-19(27)14-5-4-6-14/h2-3,7-8,14H,4-6,9-13H2,1H3. The summed E-state index contributed by atoms with van der Waals surface area (Å²) in [6, 6.07) is 7.87. The van der Waals surface area contributed by atoms with E-state index in [1.807, 2.05) is 36.2 Å². The van der Waals surface area contributed by atoms with Crippen LogP contribution in [0, 0.1) is 0 Å². The number of aromatic nitrogens is 5. The van der Waals surface area contributed by atoms with Gasteiger partial charge in [-0.25, -0.2) is 0 Å². The zero-order valence-electron chi connectivity index (χ0n) is 16.5. The molecule has 29 heavy (non-hydrogen) atoms. The Morgan fingerprint density at radius 1 is 1.21 bits per heavy atom. The summed E-state index contributed by atoms with van der Waals surface area (Å²) in [7, 11) is 1.88. The minimum atomic E-state index is -0.353. The number of fused-ring (bicyclic) bond motifs is 2. The van der Waals surface area contributed by atoms with Crippen molar-refractivity contribution in [3.8, 4) is 0 Å². The predicted octanol–water partition coefficient (Wildman–Crippen LogP) is 2.25. The van der Waals surface area contributed by atoms with Crippen molar-refractivity contribution in [2.45, 2.75) is 50.4 Å². The Hall–Kier alpha value is -2.74. The molecule has 2 fully saturated rings. The minimum Gasteiger partial charge on any atom is -0.363 e. The third kappa shape index (κ3) is 2.55. The Labute approximate surface area is 168 Å². The number of ether oxygens (including phenoxy) is 1. The lowest BCUT2D eigenvalue weighted by molar-refractivity contribution is -0.0818. The fourth-order valence-corrected chi connectivity index (χ4v) is 4.93. The van der Waals surface area contributed by atoms with Crippen molar-refractivity contribution in [1.82, 2.24) is 29.4 Å². The van der Waals surface area contributed by atoms with Gasteiger partial charge in [-0.15, -0.1) is 10.2 Å². The van der Waals surface area contributed by atoms with E-state index in [1.54, 1.807) is 4.68 Å². The summed E-state index contributed by atoms with van der Waals surface area (Å²) in [5.74, 6) is 2.54. The molecular weight excluding hydrogens is 368 g/mol. The van der Waals surface area contributed by atoms with E-state index >= 15 is 0 Å². The summed E-state index contributed by atoms with van der Waals surface area (Å²) < 4.78 is 10.3. The van der Waals surface area contributed by atoms with Gasteiger partial charge in [0, 0.05) is 24.9 Å². The van der Waals surface area contributed by atoms with Crippen LogP contribution < -0.4 is 0 Å². The number of aryl methyl sites for hydroxylation is 1. The van der Waals surface area contributed by atoms with Crippen LogP contribution in [0.15, 0.2) is 24.3 Å². The smallest absolute Gasteiger partial charge is 0.275 e. The minimum absolute atomic E-state index is 0.0176. The van der Waals surface area contributed by atoms with E-state index in [1.165, 1.54) is 19.3 Å². The lowest BCUT2D eigenvalue weighted by atomic mass is 9.84. The number of nitrogens with zero attached hydrogens (tertiary/aromatic N) is 6. The number of amides is 1. The molecule has 2 aromatic heterocycles. The Balaban J connectivity index is 1.26. The molecule has 1 atom stereocenters. The maximum absolute atomic E-state index is 13.3. The van der Waals surface area contributed by atoms with Crippen molar-refractivity contribution < 1.29 is 9.53 Å². The Morgan fingerprint density at radius 3 is 2.90 bits per heavy atom. The summed E-state index contributed by atoms with van der Waals surface area (Å²) in [5.41, 5.74) is 1.14. The Morgan fingerprint density at radius 2 is 2.07 bits per heavy atom. The first-order chi connectivity index (χ1) is 14.1. The first-order valence-corrected chi connectivity index (χ1v) is 10.4. The summed E-state index contributed by atoms with van der Waals surface area (Å²) in [5, 5.41) is 14.2. The normalized spacial score (nSPS) is 24.2. The van der Waals surface area contributed by atoms with Gasteiger partial charge in [-0.1, -0.05) is 24.6 Å². The monoisotopic (exact) mass is 392 g/mol. The van der Waals surface area contributed by atoms with Crippen molar-refractivity contribution >= 4 is 16.8 Å². The van der Waals surface area contributed by atoms with Gasteiger partial charge in [0.25, 0.3) is 5.91 Å². The molecule has 1 amide bonds.